The third-order valence-electron chi connectivity index (χ3n) is 2.87. The smallest absolute Gasteiger partial charge is 0.319 e. The van der Waals surface area contributed by atoms with Crippen molar-refractivity contribution < 1.29 is 9.53 Å². The molecule has 1 heterocycles. The summed E-state index contributed by atoms with van der Waals surface area (Å²) in [5, 5.41) is 2.06. The van der Waals surface area contributed by atoms with E-state index in [-0.39, 0.29) is 11.2 Å². The zero-order chi connectivity index (χ0) is 13.7. The van der Waals surface area contributed by atoms with Crippen molar-refractivity contribution in [2.75, 3.05) is 6.61 Å². The number of carbonyl (C=O) groups excluding carboxylic acids is 1. The van der Waals surface area contributed by atoms with Gasteiger partial charge in [-0.15, -0.1) is 0 Å². The van der Waals surface area contributed by atoms with Crippen LogP contribution in [0.2, 0.25) is 0 Å². The van der Waals surface area contributed by atoms with Crippen LogP contribution in [0.5, 0.6) is 0 Å². The maximum Gasteiger partial charge on any atom is 0.319 e. The van der Waals surface area contributed by atoms with Gasteiger partial charge in [0.1, 0.15) is 5.25 Å². The van der Waals surface area contributed by atoms with E-state index in [0.29, 0.717) is 6.61 Å². The molecule has 0 saturated heterocycles. The molecule has 0 bridgehead atoms. The largest absolute Gasteiger partial charge is 0.465 e. The predicted octanol–water partition coefficient (Wildman–Crippen LogP) is 3.99. The minimum Gasteiger partial charge on any atom is -0.465 e. The molecule has 2 rings (SSSR count). The number of esters is 1. The molecular weight excluding hydrogens is 258 g/mol. The second kappa shape index (κ2) is 6.66. The minimum atomic E-state index is -0.127. The number of aromatic amines is 1. The van der Waals surface area contributed by atoms with E-state index in [9.17, 15) is 4.79 Å². The molecule has 2 aromatic rings. The fourth-order valence-electron chi connectivity index (χ4n) is 1.99. The van der Waals surface area contributed by atoms with Gasteiger partial charge in [-0.2, -0.15) is 0 Å². The van der Waals surface area contributed by atoms with Gasteiger partial charge in [0.05, 0.1) is 11.6 Å². The zero-order valence-corrected chi connectivity index (χ0v) is 12.1. The SMILES string of the molecule is CCCC(Sc1cc2ccccc2[nH]1)C(=O)OCC. The van der Waals surface area contributed by atoms with E-state index in [1.54, 1.807) is 11.8 Å². The highest BCUT2D eigenvalue weighted by Crippen LogP contribution is 2.29. The Labute approximate surface area is 117 Å². The van der Waals surface area contributed by atoms with Gasteiger partial charge in [-0.05, 0) is 25.5 Å². The molecule has 0 spiro atoms. The third-order valence-corrected chi connectivity index (χ3v) is 4.06. The maximum absolute atomic E-state index is 11.9. The molecular formula is C15H19NO2S. The van der Waals surface area contributed by atoms with Crippen molar-refractivity contribution in [3.05, 3.63) is 30.3 Å². The highest BCUT2D eigenvalue weighted by Gasteiger charge is 2.21. The lowest BCUT2D eigenvalue weighted by Gasteiger charge is -2.13. The molecule has 0 saturated carbocycles. The van der Waals surface area contributed by atoms with Gasteiger partial charge in [-0.3, -0.25) is 4.79 Å². The van der Waals surface area contributed by atoms with Gasteiger partial charge >= 0.3 is 5.97 Å². The van der Waals surface area contributed by atoms with Crippen LogP contribution in [0.4, 0.5) is 0 Å². The monoisotopic (exact) mass is 277 g/mol. The number of aromatic nitrogens is 1. The second-order valence-electron chi connectivity index (χ2n) is 4.37. The molecule has 0 amide bonds. The van der Waals surface area contributed by atoms with E-state index in [1.807, 2.05) is 25.1 Å². The predicted molar refractivity (Wildman–Crippen MR) is 79.5 cm³/mol. The van der Waals surface area contributed by atoms with Crippen LogP contribution in [0.3, 0.4) is 0 Å². The first-order valence-corrected chi connectivity index (χ1v) is 7.53. The summed E-state index contributed by atoms with van der Waals surface area (Å²) < 4.78 is 5.13. The summed E-state index contributed by atoms with van der Waals surface area (Å²) in [6, 6.07) is 10.2. The normalized spacial score (nSPS) is 12.5. The van der Waals surface area contributed by atoms with Crippen LogP contribution in [-0.4, -0.2) is 22.8 Å². The molecule has 102 valence electrons. The minimum absolute atomic E-state index is 0.118. The number of benzene rings is 1. The lowest BCUT2D eigenvalue weighted by molar-refractivity contribution is -0.142. The number of carbonyl (C=O) groups is 1. The van der Waals surface area contributed by atoms with Crippen molar-refractivity contribution in [3.63, 3.8) is 0 Å². The maximum atomic E-state index is 11.9. The Bertz CT molecular complexity index is 517. The Balaban J connectivity index is 2.13. The number of fused-ring (bicyclic) bond motifs is 1. The number of thioether (sulfide) groups is 1. The van der Waals surface area contributed by atoms with E-state index in [0.717, 1.165) is 23.4 Å². The van der Waals surface area contributed by atoms with E-state index in [2.05, 4.69) is 24.0 Å². The third kappa shape index (κ3) is 3.53. The molecule has 0 aliphatic carbocycles. The van der Waals surface area contributed by atoms with Crippen LogP contribution in [0.25, 0.3) is 10.9 Å². The van der Waals surface area contributed by atoms with Crippen LogP contribution >= 0.6 is 11.8 Å². The first kappa shape index (κ1) is 14.0. The van der Waals surface area contributed by atoms with Gasteiger partial charge in [-0.1, -0.05) is 43.3 Å². The standard InChI is InChI=1S/C15H19NO2S/c1-3-7-13(15(17)18-4-2)19-14-10-11-8-5-6-9-12(11)16-14/h5-6,8-10,13,16H,3-4,7H2,1-2H3. The van der Waals surface area contributed by atoms with Crippen LogP contribution in [0.15, 0.2) is 35.4 Å². The number of rotatable bonds is 6. The number of ether oxygens (including phenoxy) is 1. The Kier molecular flexibility index (Phi) is 4.91. The number of hydrogen-bond acceptors (Lipinski definition) is 3. The lowest BCUT2D eigenvalue weighted by atomic mass is 10.2. The molecule has 1 aromatic heterocycles. The summed E-state index contributed by atoms with van der Waals surface area (Å²) in [5.74, 6) is -0.118. The molecule has 1 N–H and O–H groups in total. The van der Waals surface area contributed by atoms with Gasteiger partial charge in [0.15, 0.2) is 0 Å². The Hall–Kier alpha value is -1.42. The van der Waals surface area contributed by atoms with Crippen LogP contribution < -0.4 is 0 Å². The number of hydrogen-bond donors (Lipinski definition) is 1. The van der Waals surface area contributed by atoms with Crippen molar-refractivity contribution >= 4 is 28.6 Å². The molecule has 19 heavy (non-hydrogen) atoms. The Morgan fingerprint density at radius 3 is 2.84 bits per heavy atom. The number of nitrogens with one attached hydrogen (secondary N) is 1. The molecule has 1 unspecified atom stereocenters. The van der Waals surface area contributed by atoms with E-state index < -0.39 is 0 Å². The first-order chi connectivity index (χ1) is 9.24. The van der Waals surface area contributed by atoms with Gasteiger partial charge in [-0.25, -0.2) is 0 Å². The Morgan fingerprint density at radius 1 is 1.37 bits per heavy atom. The molecule has 3 nitrogen and oxygen atoms in total. The number of para-hydroxylation sites is 1. The highest BCUT2D eigenvalue weighted by molar-refractivity contribution is 8.00. The lowest BCUT2D eigenvalue weighted by Crippen LogP contribution is -2.20. The summed E-state index contributed by atoms with van der Waals surface area (Å²) in [6.45, 7) is 4.36. The van der Waals surface area contributed by atoms with Crippen LogP contribution in [0, 0.1) is 0 Å². The van der Waals surface area contributed by atoms with Crippen molar-refractivity contribution in [1.29, 1.82) is 0 Å². The summed E-state index contributed by atoms with van der Waals surface area (Å²) in [5.41, 5.74) is 1.10. The van der Waals surface area contributed by atoms with Gasteiger partial charge in [0.25, 0.3) is 0 Å². The van der Waals surface area contributed by atoms with Crippen LogP contribution in [-0.2, 0) is 9.53 Å². The first-order valence-electron chi connectivity index (χ1n) is 6.65. The van der Waals surface area contributed by atoms with Crippen molar-refractivity contribution in [2.45, 2.75) is 37.0 Å². The molecule has 0 aliphatic heterocycles. The number of H-pyrrole nitrogens is 1. The van der Waals surface area contributed by atoms with Gasteiger partial charge in [0, 0.05) is 10.9 Å². The molecule has 0 aliphatic rings. The summed E-state index contributed by atoms with van der Waals surface area (Å²) in [7, 11) is 0. The average Bonchev–Trinajstić information content (AvgIpc) is 2.80. The second-order valence-corrected chi connectivity index (χ2v) is 5.61. The zero-order valence-electron chi connectivity index (χ0n) is 11.3. The molecule has 4 heteroatoms. The quantitative estimate of drug-likeness (QED) is 0.641. The molecule has 1 aromatic carbocycles. The topological polar surface area (TPSA) is 42.1 Å². The van der Waals surface area contributed by atoms with Crippen molar-refractivity contribution in [3.8, 4) is 0 Å². The fourth-order valence-corrected chi connectivity index (χ4v) is 3.17. The van der Waals surface area contributed by atoms with Crippen molar-refractivity contribution in [2.24, 2.45) is 0 Å². The van der Waals surface area contributed by atoms with Crippen LogP contribution in [0.1, 0.15) is 26.7 Å². The molecule has 1 atom stereocenters. The Morgan fingerprint density at radius 2 is 2.16 bits per heavy atom. The van der Waals surface area contributed by atoms with E-state index >= 15 is 0 Å². The highest BCUT2D eigenvalue weighted by atomic mass is 32.2. The van der Waals surface area contributed by atoms with Gasteiger partial charge < -0.3 is 9.72 Å². The van der Waals surface area contributed by atoms with Gasteiger partial charge in [0.2, 0.25) is 0 Å². The van der Waals surface area contributed by atoms with E-state index in [1.165, 1.54) is 5.39 Å². The summed E-state index contributed by atoms with van der Waals surface area (Å²) >= 11 is 1.56. The average molecular weight is 277 g/mol. The van der Waals surface area contributed by atoms with Crippen molar-refractivity contribution in [1.82, 2.24) is 4.98 Å². The molecule has 0 fully saturated rings. The fraction of sp³-hybridized carbons (Fsp3) is 0.400. The van der Waals surface area contributed by atoms with E-state index in [4.69, 9.17) is 4.74 Å². The summed E-state index contributed by atoms with van der Waals surface area (Å²) in [4.78, 5) is 15.2. The molecule has 0 radical (unpaired) electrons. The summed E-state index contributed by atoms with van der Waals surface area (Å²) in [6.07, 6.45) is 1.80.